The molecule has 0 aromatic heterocycles. The normalized spacial score (nSPS) is 41.3. The van der Waals surface area contributed by atoms with Crippen molar-refractivity contribution < 1.29 is 14.3 Å². The van der Waals surface area contributed by atoms with Crippen LogP contribution in [0.3, 0.4) is 0 Å². The molecular weight excluding hydrogens is 192 g/mol. The summed E-state index contributed by atoms with van der Waals surface area (Å²) < 4.78 is 4.63. The third-order valence-electron chi connectivity index (χ3n) is 4.34. The molecule has 3 aliphatic rings. The van der Waals surface area contributed by atoms with Crippen molar-refractivity contribution in [2.45, 2.75) is 26.2 Å². The molecule has 2 aliphatic carbocycles. The Balaban J connectivity index is 1.87. The maximum Gasteiger partial charge on any atom is 0.317 e. The van der Waals surface area contributed by atoms with Crippen LogP contribution in [0.1, 0.15) is 26.2 Å². The van der Waals surface area contributed by atoms with Crippen molar-refractivity contribution in [1.29, 1.82) is 0 Å². The summed E-state index contributed by atoms with van der Waals surface area (Å²) in [7, 11) is 0. The number of esters is 2. The van der Waals surface area contributed by atoms with Gasteiger partial charge in [-0.25, -0.2) is 0 Å². The minimum absolute atomic E-state index is 0.207. The molecule has 80 valence electrons. The van der Waals surface area contributed by atoms with Crippen molar-refractivity contribution >= 4 is 11.9 Å². The van der Waals surface area contributed by atoms with Gasteiger partial charge in [-0.3, -0.25) is 9.59 Å². The average Bonchev–Trinajstić information content (AvgIpc) is 2.82. The number of hydrogen-bond acceptors (Lipinski definition) is 3. The zero-order chi connectivity index (χ0) is 10.6. The molecule has 1 saturated heterocycles. The van der Waals surface area contributed by atoms with Gasteiger partial charge in [0.1, 0.15) is 0 Å². The van der Waals surface area contributed by atoms with E-state index in [-0.39, 0.29) is 35.6 Å². The Morgan fingerprint density at radius 3 is 2.60 bits per heavy atom. The molecule has 2 fully saturated rings. The smallest absolute Gasteiger partial charge is 0.317 e. The van der Waals surface area contributed by atoms with Gasteiger partial charge in [0.15, 0.2) is 0 Å². The highest BCUT2D eigenvalue weighted by molar-refractivity contribution is 5.95. The molecule has 3 heteroatoms. The summed E-state index contributed by atoms with van der Waals surface area (Å²) in [5, 5.41) is 0. The second-order valence-corrected chi connectivity index (χ2v) is 5.04. The van der Waals surface area contributed by atoms with E-state index < -0.39 is 0 Å². The maximum atomic E-state index is 11.5. The van der Waals surface area contributed by atoms with Gasteiger partial charge in [0.05, 0.1) is 12.3 Å². The zero-order valence-electron chi connectivity index (χ0n) is 8.73. The summed E-state index contributed by atoms with van der Waals surface area (Å²) in [5.41, 5.74) is 0.286. The Kier molecular flexibility index (Phi) is 1.65. The van der Waals surface area contributed by atoms with Gasteiger partial charge in [0.25, 0.3) is 0 Å². The monoisotopic (exact) mass is 206 g/mol. The summed E-state index contributed by atoms with van der Waals surface area (Å²) in [5.74, 6) is -0.0811. The number of cyclic esters (lactones) is 2. The second kappa shape index (κ2) is 2.71. The van der Waals surface area contributed by atoms with E-state index in [0.29, 0.717) is 5.92 Å². The van der Waals surface area contributed by atoms with E-state index in [0.717, 1.165) is 0 Å². The van der Waals surface area contributed by atoms with Crippen molar-refractivity contribution in [2.24, 2.45) is 23.2 Å². The quantitative estimate of drug-likeness (QED) is 0.372. The second-order valence-electron chi connectivity index (χ2n) is 5.04. The standard InChI is InChI=1S/C12H14O3/c1-7-2-3-9(12(7)4-5-12)8-6-10(13)15-11(8)14/h2-3,7-9H,4-6H2,1H3/t7-,8-,9-/m0/s1. The molecule has 0 radical (unpaired) electrons. The Hall–Kier alpha value is -1.12. The third-order valence-corrected chi connectivity index (χ3v) is 4.34. The molecule has 3 nitrogen and oxygen atoms in total. The molecule has 3 rings (SSSR count). The molecule has 0 aromatic rings. The van der Waals surface area contributed by atoms with Gasteiger partial charge in [-0.05, 0) is 30.1 Å². The van der Waals surface area contributed by atoms with E-state index in [4.69, 9.17) is 0 Å². The minimum atomic E-state index is -0.353. The van der Waals surface area contributed by atoms with E-state index in [1.54, 1.807) is 0 Å². The van der Waals surface area contributed by atoms with Crippen LogP contribution in [0.5, 0.6) is 0 Å². The number of carbonyl (C=O) groups excluding carboxylic acids is 2. The number of carbonyl (C=O) groups is 2. The molecular formula is C12H14O3. The largest absolute Gasteiger partial charge is 0.393 e. The summed E-state index contributed by atoms with van der Waals surface area (Å²) in [4.78, 5) is 22.6. The fraction of sp³-hybridized carbons (Fsp3) is 0.667. The van der Waals surface area contributed by atoms with E-state index >= 15 is 0 Å². The van der Waals surface area contributed by atoms with Crippen molar-refractivity contribution in [3.8, 4) is 0 Å². The van der Waals surface area contributed by atoms with Crippen LogP contribution in [-0.2, 0) is 14.3 Å². The topological polar surface area (TPSA) is 43.4 Å². The van der Waals surface area contributed by atoms with Gasteiger partial charge in [-0.1, -0.05) is 19.1 Å². The SMILES string of the molecule is C[C@H]1C=C[C@@H]([C@@H]2CC(=O)OC2=O)C12CC2. The maximum absolute atomic E-state index is 11.5. The predicted octanol–water partition coefficient (Wildman–Crippen LogP) is 1.68. The first-order valence-corrected chi connectivity index (χ1v) is 5.56. The van der Waals surface area contributed by atoms with Crippen molar-refractivity contribution in [2.75, 3.05) is 0 Å². The fourth-order valence-electron chi connectivity index (χ4n) is 3.21. The lowest BCUT2D eigenvalue weighted by Gasteiger charge is -2.24. The number of hydrogen-bond donors (Lipinski definition) is 0. The fourth-order valence-corrected chi connectivity index (χ4v) is 3.21. The first-order valence-electron chi connectivity index (χ1n) is 5.56. The highest BCUT2D eigenvalue weighted by atomic mass is 16.6. The van der Waals surface area contributed by atoms with Gasteiger partial charge >= 0.3 is 11.9 Å². The summed E-state index contributed by atoms with van der Waals surface area (Å²) in [6.07, 6.45) is 6.96. The van der Waals surface area contributed by atoms with Gasteiger partial charge < -0.3 is 4.74 Å². The van der Waals surface area contributed by atoms with E-state index in [1.165, 1.54) is 12.8 Å². The summed E-state index contributed by atoms with van der Waals surface area (Å²) in [6, 6.07) is 0. The van der Waals surface area contributed by atoms with E-state index in [1.807, 2.05) is 0 Å². The van der Waals surface area contributed by atoms with Crippen LogP contribution < -0.4 is 0 Å². The molecule has 15 heavy (non-hydrogen) atoms. The van der Waals surface area contributed by atoms with Crippen LogP contribution >= 0.6 is 0 Å². The molecule has 1 spiro atoms. The van der Waals surface area contributed by atoms with Gasteiger partial charge in [-0.2, -0.15) is 0 Å². The Bertz CT molecular complexity index is 365. The average molecular weight is 206 g/mol. The van der Waals surface area contributed by atoms with Crippen molar-refractivity contribution in [3.63, 3.8) is 0 Å². The molecule has 3 atom stereocenters. The predicted molar refractivity (Wildman–Crippen MR) is 52.7 cm³/mol. The first kappa shape index (κ1) is 9.13. The Morgan fingerprint density at radius 1 is 1.33 bits per heavy atom. The highest BCUT2D eigenvalue weighted by Gasteiger charge is 2.59. The highest BCUT2D eigenvalue weighted by Crippen LogP contribution is 2.64. The first-order chi connectivity index (χ1) is 7.13. The minimum Gasteiger partial charge on any atom is -0.393 e. The molecule has 1 aliphatic heterocycles. The van der Waals surface area contributed by atoms with Crippen LogP contribution in [0.4, 0.5) is 0 Å². The lowest BCUT2D eigenvalue weighted by atomic mass is 9.77. The number of ether oxygens (including phenoxy) is 1. The zero-order valence-corrected chi connectivity index (χ0v) is 8.73. The van der Waals surface area contributed by atoms with Gasteiger partial charge in [0, 0.05) is 0 Å². The molecule has 0 amide bonds. The van der Waals surface area contributed by atoms with Crippen molar-refractivity contribution in [3.05, 3.63) is 12.2 Å². The Morgan fingerprint density at radius 2 is 2.07 bits per heavy atom. The van der Waals surface area contributed by atoms with Crippen LogP contribution in [0, 0.1) is 23.2 Å². The van der Waals surface area contributed by atoms with Crippen LogP contribution in [0.15, 0.2) is 12.2 Å². The molecule has 1 heterocycles. The summed E-state index contributed by atoms with van der Waals surface area (Å²) in [6.45, 7) is 2.20. The lowest BCUT2D eigenvalue weighted by molar-refractivity contribution is -0.153. The number of allylic oxidation sites excluding steroid dienone is 2. The van der Waals surface area contributed by atoms with Gasteiger partial charge in [0.2, 0.25) is 0 Å². The third kappa shape index (κ3) is 1.12. The van der Waals surface area contributed by atoms with E-state index in [2.05, 4.69) is 23.8 Å². The van der Waals surface area contributed by atoms with Crippen LogP contribution in [0.25, 0.3) is 0 Å². The molecule has 0 unspecified atom stereocenters. The molecule has 0 bridgehead atoms. The molecule has 0 aromatic carbocycles. The van der Waals surface area contributed by atoms with Crippen LogP contribution in [-0.4, -0.2) is 11.9 Å². The molecule has 0 N–H and O–H groups in total. The number of rotatable bonds is 1. The lowest BCUT2D eigenvalue weighted by Crippen LogP contribution is -2.26. The molecule has 1 saturated carbocycles. The van der Waals surface area contributed by atoms with Crippen molar-refractivity contribution in [1.82, 2.24) is 0 Å². The Labute approximate surface area is 88.5 Å². The van der Waals surface area contributed by atoms with E-state index in [9.17, 15) is 9.59 Å². The van der Waals surface area contributed by atoms with Gasteiger partial charge in [-0.15, -0.1) is 0 Å². The van der Waals surface area contributed by atoms with Crippen LogP contribution in [0.2, 0.25) is 0 Å². The summed E-state index contributed by atoms with van der Waals surface area (Å²) >= 11 is 0.